The van der Waals surface area contributed by atoms with Crippen molar-refractivity contribution in [3.63, 3.8) is 0 Å². The molecule has 1 aromatic rings. The van der Waals surface area contributed by atoms with Gasteiger partial charge in [-0.3, -0.25) is 0 Å². The Morgan fingerprint density at radius 1 is 1.35 bits per heavy atom. The highest BCUT2D eigenvalue weighted by atomic mass is 16.5. The number of allylic oxidation sites excluding steroid dienone is 2. The molecule has 0 saturated carbocycles. The van der Waals surface area contributed by atoms with Gasteiger partial charge in [0.05, 0.1) is 12.7 Å². The first kappa shape index (κ1) is 13.5. The van der Waals surface area contributed by atoms with Crippen LogP contribution in [0.15, 0.2) is 43.0 Å². The summed E-state index contributed by atoms with van der Waals surface area (Å²) < 4.78 is 5.12. The molecule has 0 aromatic heterocycles. The molecule has 1 aromatic carbocycles. The van der Waals surface area contributed by atoms with Gasteiger partial charge < -0.3 is 9.84 Å². The second kappa shape index (κ2) is 5.69. The van der Waals surface area contributed by atoms with E-state index in [0.717, 1.165) is 23.3 Å². The number of aliphatic hydroxyl groups is 1. The summed E-state index contributed by atoms with van der Waals surface area (Å²) in [4.78, 5) is 0. The van der Waals surface area contributed by atoms with E-state index in [4.69, 9.17) is 4.74 Å². The van der Waals surface area contributed by atoms with Crippen molar-refractivity contribution < 1.29 is 9.84 Å². The first-order valence-electron chi connectivity index (χ1n) is 5.67. The minimum Gasteiger partial charge on any atom is -0.497 e. The number of ether oxygens (including phenoxy) is 1. The molecule has 92 valence electrons. The molecule has 0 radical (unpaired) electrons. The molecule has 1 rings (SSSR count). The molecule has 0 aliphatic rings. The summed E-state index contributed by atoms with van der Waals surface area (Å²) in [6, 6.07) is 7.68. The Labute approximate surface area is 103 Å². The van der Waals surface area contributed by atoms with Crippen LogP contribution in [-0.4, -0.2) is 17.8 Å². The molecule has 0 bridgehead atoms. The smallest absolute Gasteiger partial charge is 0.118 e. The van der Waals surface area contributed by atoms with E-state index in [1.165, 1.54) is 0 Å². The zero-order valence-electron chi connectivity index (χ0n) is 10.7. The second-order valence-corrected chi connectivity index (χ2v) is 4.43. The van der Waals surface area contributed by atoms with Crippen LogP contribution in [0.1, 0.15) is 25.8 Å². The van der Waals surface area contributed by atoms with Gasteiger partial charge in [0.15, 0.2) is 0 Å². The van der Waals surface area contributed by atoms with E-state index in [2.05, 4.69) is 6.58 Å². The van der Waals surface area contributed by atoms with E-state index < -0.39 is 5.60 Å². The maximum absolute atomic E-state index is 10.2. The maximum Gasteiger partial charge on any atom is 0.118 e. The zero-order valence-corrected chi connectivity index (χ0v) is 10.7. The first-order valence-corrected chi connectivity index (χ1v) is 5.67. The number of hydrogen-bond acceptors (Lipinski definition) is 2. The average Bonchev–Trinajstić information content (AvgIpc) is 2.29. The minimum absolute atomic E-state index is 0.741. The van der Waals surface area contributed by atoms with Crippen molar-refractivity contribution in [1.29, 1.82) is 0 Å². The number of benzene rings is 1. The Morgan fingerprint density at radius 3 is 2.35 bits per heavy atom. The van der Waals surface area contributed by atoms with Gasteiger partial charge in [-0.2, -0.15) is 0 Å². The van der Waals surface area contributed by atoms with Gasteiger partial charge in [0.25, 0.3) is 0 Å². The van der Waals surface area contributed by atoms with E-state index in [0.29, 0.717) is 0 Å². The second-order valence-electron chi connectivity index (χ2n) is 4.43. The Balaban J connectivity index is 3.09. The summed E-state index contributed by atoms with van der Waals surface area (Å²) in [7, 11) is 1.64. The molecule has 0 aliphatic carbocycles. The molecule has 0 aliphatic heterocycles. The van der Waals surface area contributed by atoms with Crippen LogP contribution in [0.2, 0.25) is 0 Å². The lowest BCUT2D eigenvalue weighted by Gasteiger charge is -2.22. The molecule has 0 heterocycles. The lowest BCUT2D eigenvalue weighted by molar-refractivity contribution is 0.143. The van der Waals surface area contributed by atoms with Gasteiger partial charge in [0, 0.05) is 0 Å². The minimum atomic E-state index is -0.863. The standard InChI is InChI=1S/C15H20O2/c1-5-6-7-14(15(2,3)16)12-8-10-13(17-4)11-9-12/h5,7-11,16H,1,6H2,2-4H3/b14-7+. The van der Waals surface area contributed by atoms with Gasteiger partial charge in [-0.1, -0.05) is 24.3 Å². The molecule has 0 spiro atoms. The highest BCUT2D eigenvalue weighted by Crippen LogP contribution is 2.28. The molecular formula is C15H20O2. The van der Waals surface area contributed by atoms with Crippen molar-refractivity contribution in [2.45, 2.75) is 25.9 Å². The molecule has 1 N–H and O–H groups in total. The Hall–Kier alpha value is -1.54. The van der Waals surface area contributed by atoms with Crippen molar-refractivity contribution >= 4 is 5.57 Å². The predicted molar refractivity (Wildman–Crippen MR) is 72.1 cm³/mol. The zero-order chi connectivity index (χ0) is 12.9. The highest BCUT2D eigenvalue weighted by molar-refractivity contribution is 5.71. The molecule has 0 amide bonds. The monoisotopic (exact) mass is 232 g/mol. The van der Waals surface area contributed by atoms with Crippen molar-refractivity contribution in [3.8, 4) is 5.75 Å². The third-order valence-corrected chi connectivity index (χ3v) is 2.55. The van der Waals surface area contributed by atoms with E-state index in [1.54, 1.807) is 21.0 Å². The lowest BCUT2D eigenvalue weighted by Crippen LogP contribution is -2.20. The van der Waals surface area contributed by atoms with Gasteiger partial charge in [-0.15, -0.1) is 6.58 Å². The average molecular weight is 232 g/mol. The number of rotatable bonds is 5. The predicted octanol–water partition coefficient (Wildman–Crippen LogP) is 3.43. The Kier molecular flexibility index (Phi) is 4.53. The third kappa shape index (κ3) is 3.75. The van der Waals surface area contributed by atoms with E-state index in [9.17, 15) is 5.11 Å². The summed E-state index contributed by atoms with van der Waals surface area (Å²) in [6.07, 6.45) is 4.55. The molecule has 0 saturated heterocycles. The van der Waals surface area contributed by atoms with Crippen LogP contribution in [0.4, 0.5) is 0 Å². The summed E-state index contributed by atoms with van der Waals surface area (Å²) in [6.45, 7) is 7.26. The first-order chi connectivity index (χ1) is 7.99. The van der Waals surface area contributed by atoms with Crippen LogP contribution < -0.4 is 4.74 Å². The lowest BCUT2D eigenvalue weighted by atomic mass is 9.90. The van der Waals surface area contributed by atoms with Crippen LogP contribution in [-0.2, 0) is 0 Å². The van der Waals surface area contributed by atoms with Crippen LogP contribution >= 0.6 is 0 Å². The molecule has 0 unspecified atom stereocenters. The molecule has 0 atom stereocenters. The maximum atomic E-state index is 10.2. The van der Waals surface area contributed by atoms with Gasteiger partial charge >= 0.3 is 0 Å². The van der Waals surface area contributed by atoms with Gasteiger partial charge in [0.2, 0.25) is 0 Å². The fourth-order valence-electron chi connectivity index (χ4n) is 1.69. The van der Waals surface area contributed by atoms with Gasteiger partial charge in [-0.05, 0) is 43.5 Å². The fraction of sp³-hybridized carbons (Fsp3) is 0.333. The largest absolute Gasteiger partial charge is 0.497 e. The summed E-state index contributed by atoms with van der Waals surface area (Å²) in [5, 5.41) is 10.2. The quantitative estimate of drug-likeness (QED) is 0.788. The summed E-state index contributed by atoms with van der Waals surface area (Å²) >= 11 is 0. The molecule has 2 heteroatoms. The van der Waals surface area contributed by atoms with Crippen molar-refractivity contribution in [1.82, 2.24) is 0 Å². The van der Waals surface area contributed by atoms with Crippen molar-refractivity contribution in [2.75, 3.05) is 7.11 Å². The van der Waals surface area contributed by atoms with Crippen LogP contribution in [0.25, 0.3) is 5.57 Å². The van der Waals surface area contributed by atoms with Crippen LogP contribution in [0.5, 0.6) is 5.75 Å². The van der Waals surface area contributed by atoms with E-state index >= 15 is 0 Å². The third-order valence-electron chi connectivity index (χ3n) is 2.55. The fourth-order valence-corrected chi connectivity index (χ4v) is 1.69. The summed E-state index contributed by atoms with van der Waals surface area (Å²) in [5.41, 5.74) is 1.04. The molecule has 2 nitrogen and oxygen atoms in total. The number of hydrogen-bond donors (Lipinski definition) is 1. The Morgan fingerprint density at radius 2 is 1.94 bits per heavy atom. The summed E-state index contributed by atoms with van der Waals surface area (Å²) in [5.74, 6) is 0.813. The van der Waals surface area contributed by atoms with Gasteiger partial charge in [-0.25, -0.2) is 0 Å². The highest BCUT2D eigenvalue weighted by Gasteiger charge is 2.20. The molecule has 17 heavy (non-hydrogen) atoms. The van der Waals surface area contributed by atoms with Crippen LogP contribution in [0.3, 0.4) is 0 Å². The van der Waals surface area contributed by atoms with Crippen molar-refractivity contribution in [2.24, 2.45) is 0 Å². The normalized spacial score (nSPS) is 12.4. The molecular weight excluding hydrogens is 212 g/mol. The topological polar surface area (TPSA) is 29.5 Å². The number of methoxy groups -OCH3 is 1. The molecule has 0 fully saturated rings. The van der Waals surface area contributed by atoms with Crippen LogP contribution in [0, 0.1) is 0 Å². The SMILES string of the molecule is C=CC/C=C(\c1ccc(OC)cc1)C(C)(C)O. The van der Waals surface area contributed by atoms with Gasteiger partial charge in [0.1, 0.15) is 5.75 Å². The van der Waals surface area contributed by atoms with E-state index in [1.807, 2.05) is 36.4 Å². The van der Waals surface area contributed by atoms with Crippen molar-refractivity contribution in [3.05, 3.63) is 48.6 Å². The Bertz CT molecular complexity index is 394. The van der Waals surface area contributed by atoms with E-state index in [-0.39, 0.29) is 0 Å².